The number of cyclic esters (lactones) is 1. The normalized spacial score (nSPS) is 29.3. The van der Waals surface area contributed by atoms with Gasteiger partial charge in [0.05, 0.1) is 5.41 Å². The second-order valence-electron chi connectivity index (χ2n) is 7.08. The summed E-state index contributed by atoms with van der Waals surface area (Å²) >= 11 is 0. The molecule has 0 amide bonds. The Morgan fingerprint density at radius 2 is 1.90 bits per heavy atom. The molecule has 1 saturated heterocycles. The Morgan fingerprint density at radius 1 is 1.30 bits per heavy atom. The average Bonchev–Trinajstić information content (AvgIpc) is 2.65. The van der Waals surface area contributed by atoms with Gasteiger partial charge in [-0.05, 0) is 40.0 Å². The summed E-state index contributed by atoms with van der Waals surface area (Å²) in [6.07, 6.45) is 5.38. The highest BCUT2D eigenvalue weighted by molar-refractivity contribution is 5.83. The van der Waals surface area contributed by atoms with Crippen LogP contribution < -0.4 is 0 Å². The zero-order valence-corrected chi connectivity index (χ0v) is 13.1. The van der Waals surface area contributed by atoms with Gasteiger partial charge in [0.15, 0.2) is 5.60 Å². The van der Waals surface area contributed by atoms with Gasteiger partial charge in [0, 0.05) is 0 Å². The van der Waals surface area contributed by atoms with Crippen molar-refractivity contribution in [1.82, 2.24) is 0 Å². The summed E-state index contributed by atoms with van der Waals surface area (Å²) in [5.74, 6) is -0.410. The molecule has 1 aliphatic heterocycles. The molecule has 0 aromatic carbocycles. The molecule has 0 N–H and O–H groups in total. The predicted molar refractivity (Wildman–Crippen MR) is 75.0 cm³/mol. The van der Waals surface area contributed by atoms with E-state index in [0.717, 1.165) is 32.1 Å². The molecule has 0 unspecified atom stereocenters. The van der Waals surface area contributed by atoms with Crippen LogP contribution in [0.3, 0.4) is 0 Å². The number of hydrogen-bond donors (Lipinski definition) is 0. The summed E-state index contributed by atoms with van der Waals surface area (Å²) in [5.41, 5.74) is -1.96. The standard InChI is InChI=1S/C16H26O4/c1-5-14(2,3)12(17)20-15(4)11-19-13(18)16(15)9-7-6-8-10-16/h5-11H2,1-4H3/t15-/m1/s1. The minimum atomic E-state index is -0.811. The monoisotopic (exact) mass is 282 g/mol. The molecule has 4 heteroatoms. The fraction of sp³-hybridized carbons (Fsp3) is 0.875. The molecule has 0 radical (unpaired) electrons. The van der Waals surface area contributed by atoms with Crippen LogP contribution in [0.15, 0.2) is 0 Å². The zero-order valence-electron chi connectivity index (χ0n) is 13.1. The Bertz CT molecular complexity index is 407. The quantitative estimate of drug-likeness (QED) is 0.746. The van der Waals surface area contributed by atoms with Gasteiger partial charge in [-0.2, -0.15) is 0 Å². The van der Waals surface area contributed by atoms with Crippen molar-refractivity contribution in [3.05, 3.63) is 0 Å². The van der Waals surface area contributed by atoms with E-state index >= 15 is 0 Å². The van der Waals surface area contributed by atoms with Crippen molar-refractivity contribution >= 4 is 11.9 Å². The highest BCUT2D eigenvalue weighted by Gasteiger charge is 2.63. The Morgan fingerprint density at radius 3 is 2.45 bits per heavy atom. The van der Waals surface area contributed by atoms with Gasteiger partial charge in [0.1, 0.15) is 12.0 Å². The molecule has 4 nitrogen and oxygen atoms in total. The lowest BCUT2D eigenvalue weighted by atomic mass is 9.65. The molecule has 2 aliphatic rings. The molecule has 1 aliphatic carbocycles. The fourth-order valence-corrected chi connectivity index (χ4v) is 3.20. The van der Waals surface area contributed by atoms with Gasteiger partial charge in [-0.3, -0.25) is 9.59 Å². The minimum absolute atomic E-state index is 0.179. The van der Waals surface area contributed by atoms with Crippen LogP contribution in [0.1, 0.15) is 66.2 Å². The van der Waals surface area contributed by atoms with Crippen LogP contribution in [-0.2, 0) is 19.1 Å². The predicted octanol–water partition coefficient (Wildman–Crippen LogP) is 3.23. The molecular weight excluding hydrogens is 256 g/mol. The average molecular weight is 282 g/mol. The third kappa shape index (κ3) is 2.23. The van der Waals surface area contributed by atoms with Crippen LogP contribution in [0.2, 0.25) is 0 Å². The van der Waals surface area contributed by atoms with Crippen LogP contribution in [0.5, 0.6) is 0 Å². The second kappa shape index (κ2) is 5.05. The van der Waals surface area contributed by atoms with Crippen LogP contribution >= 0.6 is 0 Å². The van der Waals surface area contributed by atoms with Crippen LogP contribution in [0.25, 0.3) is 0 Å². The molecule has 114 valence electrons. The van der Waals surface area contributed by atoms with Gasteiger partial charge in [-0.25, -0.2) is 0 Å². The van der Waals surface area contributed by atoms with Crippen LogP contribution in [-0.4, -0.2) is 24.1 Å². The number of carbonyl (C=O) groups is 2. The van der Waals surface area contributed by atoms with E-state index in [1.807, 2.05) is 27.7 Å². The van der Waals surface area contributed by atoms with Crippen LogP contribution in [0, 0.1) is 10.8 Å². The van der Waals surface area contributed by atoms with Gasteiger partial charge in [0.2, 0.25) is 0 Å². The molecule has 2 rings (SSSR count). The maximum Gasteiger partial charge on any atom is 0.316 e. The van der Waals surface area contributed by atoms with E-state index in [1.54, 1.807) is 0 Å². The first-order valence-corrected chi connectivity index (χ1v) is 7.68. The van der Waals surface area contributed by atoms with E-state index in [4.69, 9.17) is 9.47 Å². The molecule has 0 aromatic rings. The first-order valence-electron chi connectivity index (χ1n) is 7.68. The van der Waals surface area contributed by atoms with E-state index in [-0.39, 0.29) is 18.5 Å². The summed E-state index contributed by atoms with van der Waals surface area (Å²) in [6.45, 7) is 7.79. The van der Waals surface area contributed by atoms with Gasteiger partial charge in [-0.1, -0.05) is 26.2 Å². The minimum Gasteiger partial charge on any atom is -0.461 e. The van der Waals surface area contributed by atoms with Crippen molar-refractivity contribution in [1.29, 1.82) is 0 Å². The Labute approximate surface area is 121 Å². The molecular formula is C16H26O4. The van der Waals surface area contributed by atoms with Gasteiger partial charge in [-0.15, -0.1) is 0 Å². The topological polar surface area (TPSA) is 52.6 Å². The lowest BCUT2D eigenvalue weighted by Crippen LogP contribution is -2.52. The number of carbonyl (C=O) groups excluding carboxylic acids is 2. The summed E-state index contributed by atoms with van der Waals surface area (Å²) in [5, 5.41) is 0. The molecule has 2 fully saturated rings. The second-order valence-corrected chi connectivity index (χ2v) is 7.08. The van der Waals surface area contributed by atoms with Gasteiger partial charge in [0.25, 0.3) is 0 Å². The Balaban J connectivity index is 2.24. The first kappa shape index (κ1) is 15.3. The van der Waals surface area contributed by atoms with E-state index in [1.165, 1.54) is 0 Å². The maximum atomic E-state index is 12.4. The fourth-order valence-electron chi connectivity index (χ4n) is 3.20. The van der Waals surface area contributed by atoms with E-state index in [9.17, 15) is 9.59 Å². The van der Waals surface area contributed by atoms with E-state index in [0.29, 0.717) is 6.42 Å². The van der Waals surface area contributed by atoms with Crippen molar-refractivity contribution in [3.8, 4) is 0 Å². The SMILES string of the molecule is CCC(C)(C)C(=O)O[C@]1(C)COC(=O)C12CCCCC2. The third-order valence-corrected chi connectivity index (χ3v) is 5.34. The molecule has 20 heavy (non-hydrogen) atoms. The molecule has 1 spiro atoms. The van der Waals surface area contributed by atoms with Crippen molar-refractivity contribution < 1.29 is 19.1 Å². The number of rotatable bonds is 3. The number of esters is 2. The van der Waals surface area contributed by atoms with Crippen LogP contribution in [0.4, 0.5) is 0 Å². The summed E-state index contributed by atoms with van der Waals surface area (Å²) in [6, 6.07) is 0. The Kier molecular flexibility index (Phi) is 3.87. The summed E-state index contributed by atoms with van der Waals surface area (Å²) < 4.78 is 11.1. The lowest BCUT2D eigenvalue weighted by Gasteiger charge is -2.42. The smallest absolute Gasteiger partial charge is 0.316 e. The van der Waals surface area contributed by atoms with E-state index < -0.39 is 16.4 Å². The Hall–Kier alpha value is -1.06. The highest BCUT2D eigenvalue weighted by atomic mass is 16.6. The molecule has 1 saturated carbocycles. The lowest BCUT2D eigenvalue weighted by molar-refractivity contribution is -0.182. The van der Waals surface area contributed by atoms with Crippen molar-refractivity contribution in [2.24, 2.45) is 10.8 Å². The third-order valence-electron chi connectivity index (χ3n) is 5.34. The first-order chi connectivity index (χ1) is 9.27. The van der Waals surface area contributed by atoms with Gasteiger partial charge < -0.3 is 9.47 Å². The maximum absolute atomic E-state index is 12.4. The molecule has 0 aromatic heterocycles. The number of ether oxygens (including phenoxy) is 2. The van der Waals surface area contributed by atoms with Crippen molar-refractivity contribution in [2.45, 2.75) is 71.8 Å². The number of hydrogen-bond acceptors (Lipinski definition) is 4. The summed E-state index contributed by atoms with van der Waals surface area (Å²) in [4.78, 5) is 24.7. The molecule has 1 atom stereocenters. The van der Waals surface area contributed by atoms with Crippen molar-refractivity contribution in [3.63, 3.8) is 0 Å². The van der Waals surface area contributed by atoms with Gasteiger partial charge >= 0.3 is 11.9 Å². The highest BCUT2D eigenvalue weighted by Crippen LogP contribution is 2.52. The molecule has 1 heterocycles. The molecule has 0 bridgehead atoms. The largest absolute Gasteiger partial charge is 0.461 e. The zero-order chi connectivity index (χ0) is 15.0. The summed E-state index contributed by atoms with van der Waals surface area (Å²) in [7, 11) is 0. The van der Waals surface area contributed by atoms with E-state index in [2.05, 4.69) is 0 Å². The van der Waals surface area contributed by atoms with Crippen molar-refractivity contribution in [2.75, 3.05) is 6.61 Å².